The third-order valence-electron chi connectivity index (χ3n) is 5.47. The third-order valence-corrected chi connectivity index (χ3v) is 5.47. The highest BCUT2D eigenvalue weighted by atomic mass is 19.1. The summed E-state index contributed by atoms with van der Waals surface area (Å²) in [5.74, 6) is 0.345. The fourth-order valence-electron chi connectivity index (χ4n) is 3.81. The molecule has 0 saturated carbocycles. The Kier molecular flexibility index (Phi) is 6.77. The van der Waals surface area contributed by atoms with E-state index in [0.717, 1.165) is 12.0 Å². The molecule has 2 amide bonds. The van der Waals surface area contributed by atoms with E-state index in [2.05, 4.69) is 20.7 Å². The number of benzene rings is 2. The van der Waals surface area contributed by atoms with Gasteiger partial charge in [-0.1, -0.05) is 12.1 Å². The van der Waals surface area contributed by atoms with Crippen LogP contribution in [0.1, 0.15) is 28.3 Å². The van der Waals surface area contributed by atoms with Gasteiger partial charge in [0.1, 0.15) is 18.2 Å². The third kappa shape index (κ3) is 5.82. The van der Waals surface area contributed by atoms with Gasteiger partial charge < -0.3 is 20.1 Å². The van der Waals surface area contributed by atoms with Gasteiger partial charge in [-0.05, 0) is 53.6 Å². The molecular formula is C22H23FN6O4. The Balaban J connectivity index is 1.32. The molecule has 0 radical (unpaired) electrons. The van der Waals surface area contributed by atoms with Crippen LogP contribution < -0.4 is 10.1 Å². The molecule has 0 aliphatic carbocycles. The highest BCUT2D eigenvalue weighted by molar-refractivity contribution is 5.94. The molecule has 172 valence electrons. The molecule has 0 bridgehead atoms. The minimum absolute atomic E-state index is 0.0482. The van der Waals surface area contributed by atoms with Gasteiger partial charge in [0.15, 0.2) is 6.33 Å². The van der Waals surface area contributed by atoms with Crippen molar-refractivity contribution in [2.24, 2.45) is 0 Å². The smallest absolute Gasteiger partial charge is 0.405 e. The van der Waals surface area contributed by atoms with E-state index in [0.29, 0.717) is 24.4 Å². The molecule has 2 aromatic carbocycles. The summed E-state index contributed by atoms with van der Waals surface area (Å²) in [5, 5.41) is 22.6. The SMILES string of the molecule is O=C(O)NC(COc1ccc(C(=O)N2CC[C@H](c3ccc(F)cc3)C2)cc1)Cn1ncnn1. The lowest BCUT2D eigenvalue weighted by atomic mass is 9.99. The Morgan fingerprint density at radius 3 is 2.61 bits per heavy atom. The van der Waals surface area contributed by atoms with E-state index in [1.807, 2.05) is 0 Å². The van der Waals surface area contributed by atoms with Gasteiger partial charge in [-0.2, -0.15) is 4.80 Å². The molecule has 1 aromatic heterocycles. The molecular weight excluding hydrogens is 431 g/mol. The molecule has 10 nitrogen and oxygen atoms in total. The number of hydrogen-bond donors (Lipinski definition) is 2. The summed E-state index contributed by atoms with van der Waals surface area (Å²) in [7, 11) is 0. The van der Waals surface area contributed by atoms with Crippen LogP contribution in [0.25, 0.3) is 0 Å². The van der Waals surface area contributed by atoms with Crippen LogP contribution in [-0.4, -0.2) is 68.0 Å². The average Bonchev–Trinajstić information content (AvgIpc) is 3.50. The van der Waals surface area contributed by atoms with Crippen molar-refractivity contribution in [3.05, 3.63) is 71.8 Å². The summed E-state index contributed by atoms with van der Waals surface area (Å²) in [6, 6.07) is 12.5. The number of carbonyl (C=O) groups is 2. The van der Waals surface area contributed by atoms with Crippen LogP contribution in [-0.2, 0) is 6.54 Å². The molecule has 1 aliphatic rings. The Labute approximate surface area is 189 Å². The van der Waals surface area contributed by atoms with Crippen LogP contribution in [0.3, 0.4) is 0 Å². The topological polar surface area (TPSA) is 122 Å². The molecule has 2 heterocycles. The van der Waals surface area contributed by atoms with Crippen molar-refractivity contribution in [2.75, 3.05) is 19.7 Å². The fourth-order valence-corrected chi connectivity index (χ4v) is 3.81. The van der Waals surface area contributed by atoms with Gasteiger partial charge in [0, 0.05) is 24.6 Å². The van der Waals surface area contributed by atoms with Crippen molar-refractivity contribution in [3.63, 3.8) is 0 Å². The van der Waals surface area contributed by atoms with E-state index in [4.69, 9.17) is 9.84 Å². The molecule has 33 heavy (non-hydrogen) atoms. The second kappa shape index (κ2) is 10.1. The second-order valence-electron chi connectivity index (χ2n) is 7.76. The molecule has 2 atom stereocenters. The van der Waals surface area contributed by atoms with Crippen molar-refractivity contribution < 1.29 is 23.8 Å². The number of aromatic nitrogens is 4. The van der Waals surface area contributed by atoms with Crippen LogP contribution in [0.5, 0.6) is 5.75 Å². The predicted molar refractivity (Wildman–Crippen MR) is 114 cm³/mol. The van der Waals surface area contributed by atoms with E-state index in [-0.39, 0.29) is 30.8 Å². The fraction of sp³-hybridized carbons (Fsp3) is 0.318. The van der Waals surface area contributed by atoms with Crippen LogP contribution in [0, 0.1) is 5.82 Å². The Morgan fingerprint density at radius 2 is 1.94 bits per heavy atom. The second-order valence-corrected chi connectivity index (χ2v) is 7.76. The van der Waals surface area contributed by atoms with Crippen molar-refractivity contribution in [1.29, 1.82) is 0 Å². The zero-order valence-corrected chi connectivity index (χ0v) is 17.7. The van der Waals surface area contributed by atoms with Crippen molar-refractivity contribution in [3.8, 4) is 5.75 Å². The minimum Gasteiger partial charge on any atom is -0.491 e. The maximum absolute atomic E-state index is 13.2. The summed E-state index contributed by atoms with van der Waals surface area (Å²) >= 11 is 0. The number of halogens is 1. The number of carbonyl (C=O) groups excluding carboxylic acids is 1. The van der Waals surface area contributed by atoms with Crippen molar-refractivity contribution in [2.45, 2.75) is 24.9 Å². The van der Waals surface area contributed by atoms with Gasteiger partial charge in [-0.15, -0.1) is 10.2 Å². The van der Waals surface area contributed by atoms with Gasteiger partial charge in [0.05, 0.1) is 12.6 Å². The first-order chi connectivity index (χ1) is 16.0. The quantitative estimate of drug-likeness (QED) is 0.535. The number of rotatable bonds is 8. The van der Waals surface area contributed by atoms with Crippen molar-refractivity contribution in [1.82, 2.24) is 30.4 Å². The molecule has 1 fully saturated rings. The first kappa shape index (κ1) is 22.2. The zero-order valence-electron chi connectivity index (χ0n) is 17.7. The summed E-state index contributed by atoms with van der Waals surface area (Å²) < 4.78 is 18.9. The highest BCUT2D eigenvalue weighted by Crippen LogP contribution is 2.28. The summed E-state index contributed by atoms with van der Waals surface area (Å²) in [6.07, 6.45) is 0.905. The molecule has 3 aromatic rings. The first-order valence-electron chi connectivity index (χ1n) is 10.5. The molecule has 1 aliphatic heterocycles. The molecule has 11 heteroatoms. The van der Waals surface area contributed by atoms with E-state index >= 15 is 0 Å². The van der Waals surface area contributed by atoms with E-state index in [1.165, 1.54) is 23.3 Å². The van der Waals surface area contributed by atoms with Gasteiger partial charge in [0.2, 0.25) is 0 Å². The lowest BCUT2D eigenvalue weighted by Gasteiger charge is -2.18. The van der Waals surface area contributed by atoms with Gasteiger partial charge in [-0.25, -0.2) is 9.18 Å². The number of tetrazole rings is 1. The van der Waals surface area contributed by atoms with Crippen LogP contribution in [0.15, 0.2) is 54.9 Å². The molecule has 1 unspecified atom stereocenters. The Hall–Kier alpha value is -4.02. The average molecular weight is 454 g/mol. The number of amides is 2. The van der Waals surface area contributed by atoms with Crippen LogP contribution in [0.4, 0.5) is 9.18 Å². The molecule has 1 saturated heterocycles. The van der Waals surface area contributed by atoms with E-state index < -0.39 is 12.1 Å². The Bertz CT molecular complexity index is 1080. The largest absolute Gasteiger partial charge is 0.491 e. The molecule has 0 spiro atoms. The lowest BCUT2D eigenvalue weighted by molar-refractivity contribution is 0.0790. The number of carboxylic acid groups (broad SMARTS) is 1. The van der Waals surface area contributed by atoms with Crippen molar-refractivity contribution >= 4 is 12.0 Å². The molecule has 2 N–H and O–H groups in total. The minimum atomic E-state index is -1.19. The van der Waals surface area contributed by atoms with Gasteiger partial charge >= 0.3 is 6.09 Å². The predicted octanol–water partition coefficient (Wildman–Crippen LogP) is 2.16. The summed E-state index contributed by atoms with van der Waals surface area (Å²) in [5.41, 5.74) is 1.56. The normalized spacial score (nSPS) is 16.4. The first-order valence-corrected chi connectivity index (χ1v) is 10.5. The number of likely N-dealkylation sites (tertiary alicyclic amines) is 1. The monoisotopic (exact) mass is 454 g/mol. The number of nitrogens with one attached hydrogen (secondary N) is 1. The van der Waals surface area contributed by atoms with Gasteiger partial charge in [0.25, 0.3) is 5.91 Å². The summed E-state index contributed by atoms with van der Waals surface area (Å²) in [4.78, 5) is 27.0. The maximum atomic E-state index is 13.2. The standard InChI is InChI=1S/C22H23FN6O4/c23-18-5-1-15(2-6-18)17-9-10-28(11-17)21(30)16-3-7-20(8-4-16)33-13-19(26-22(31)32)12-29-25-14-24-27-29/h1-8,14,17,19,26H,9-13H2,(H,31,32)/t17-,19?/m0/s1. The van der Waals surface area contributed by atoms with E-state index in [1.54, 1.807) is 41.3 Å². The van der Waals surface area contributed by atoms with Crippen LogP contribution in [0.2, 0.25) is 0 Å². The van der Waals surface area contributed by atoms with Gasteiger partial charge in [-0.3, -0.25) is 4.79 Å². The Morgan fingerprint density at radius 1 is 1.18 bits per heavy atom. The number of hydrogen-bond acceptors (Lipinski definition) is 6. The zero-order chi connectivity index (χ0) is 23.2. The summed E-state index contributed by atoms with van der Waals surface area (Å²) in [6.45, 7) is 1.43. The maximum Gasteiger partial charge on any atom is 0.405 e. The van der Waals surface area contributed by atoms with Crippen LogP contribution >= 0.6 is 0 Å². The number of nitrogens with zero attached hydrogens (tertiary/aromatic N) is 5. The van der Waals surface area contributed by atoms with E-state index in [9.17, 15) is 14.0 Å². The molecule has 4 rings (SSSR count). The lowest BCUT2D eigenvalue weighted by Crippen LogP contribution is -2.41. The highest BCUT2D eigenvalue weighted by Gasteiger charge is 2.28. The number of ether oxygens (including phenoxy) is 1.